The Hall–Kier alpha value is 0.140. The van der Waals surface area contributed by atoms with Gasteiger partial charge in [0.15, 0.2) is 0 Å². The molecule has 88 valence electrons. The topological polar surface area (TPSA) is 15.3 Å². The smallest absolute Gasteiger partial charge is 0.0265 e. The van der Waals surface area contributed by atoms with Gasteiger partial charge in [0.1, 0.15) is 0 Å². The lowest BCUT2D eigenvalue weighted by Crippen LogP contribution is -2.38. The molecule has 1 rings (SSSR count). The quantitative estimate of drug-likeness (QED) is 0.750. The van der Waals surface area contributed by atoms with Crippen LogP contribution in [0.2, 0.25) is 0 Å². The molecule has 0 spiro atoms. The fourth-order valence-corrected chi connectivity index (χ4v) is 2.32. The third-order valence-electron chi connectivity index (χ3n) is 3.06. The Morgan fingerprint density at radius 1 is 1.53 bits per heavy atom. The molecular weight excluding hydrogens is 252 g/mol. The summed E-state index contributed by atoms with van der Waals surface area (Å²) < 4.78 is 1.04. The molecule has 0 bridgehead atoms. The van der Waals surface area contributed by atoms with E-state index < -0.39 is 0 Å². The molecule has 1 N–H and O–H groups in total. The molecule has 0 aromatic carbocycles. The minimum absolute atomic E-state index is 0.796. The molecule has 0 aromatic heterocycles. The third kappa shape index (κ3) is 5.69. The van der Waals surface area contributed by atoms with Gasteiger partial charge in [-0.25, -0.2) is 0 Å². The van der Waals surface area contributed by atoms with Gasteiger partial charge < -0.3 is 10.2 Å². The van der Waals surface area contributed by atoms with Crippen LogP contribution in [0.4, 0.5) is 0 Å². The molecule has 0 amide bonds. The number of hydrogen-bond acceptors (Lipinski definition) is 2. The summed E-state index contributed by atoms with van der Waals surface area (Å²) in [6, 6.07) is 0.796. The highest BCUT2D eigenvalue weighted by atomic mass is 79.9. The lowest BCUT2D eigenvalue weighted by atomic mass is 10.0. The van der Waals surface area contributed by atoms with E-state index in [0.29, 0.717) is 0 Å². The Balaban J connectivity index is 2.01. The van der Waals surface area contributed by atoms with Crippen LogP contribution in [0.3, 0.4) is 0 Å². The summed E-state index contributed by atoms with van der Waals surface area (Å²) in [5, 5.41) is 3.37. The van der Waals surface area contributed by atoms with Crippen molar-refractivity contribution in [2.75, 3.05) is 26.2 Å². The highest BCUT2D eigenvalue weighted by Gasteiger charge is 2.16. The zero-order valence-electron chi connectivity index (χ0n) is 9.77. The minimum atomic E-state index is 0.796. The van der Waals surface area contributed by atoms with Crippen LogP contribution in [-0.4, -0.2) is 37.1 Å². The molecule has 1 aliphatic rings. The van der Waals surface area contributed by atoms with Crippen LogP contribution in [0, 0.1) is 0 Å². The van der Waals surface area contributed by atoms with Crippen LogP contribution in [0.5, 0.6) is 0 Å². The fourth-order valence-electron chi connectivity index (χ4n) is 2.12. The fraction of sp³-hybridized carbons (Fsp3) is 0.833. The molecule has 0 radical (unpaired) electrons. The molecule has 3 heteroatoms. The van der Waals surface area contributed by atoms with Gasteiger partial charge in [0, 0.05) is 17.1 Å². The zero-order valence-corrected chi connectivity index (χ0v) is 11.4. The van der Waals surface area contributed by atoms with Crippen LogP contribution in [0.1, 0.15) is 32.6 Å². The Morgan fingerprint density at radius 3 is 3.00 bits per heavy atom. The number of piperidine rings is 1. The highest BCUT2D eigenvalue weighted by Crippen LogP contribution is 2.15. The van der Waals surface area contributed by atoms with Gasteiger partial charge in [0.2, 0.25) is 0 Å². The molecule has 1 atom stereocenters. The normalized spacial score (nSPS) is 22.9. The molecule has 0 saturated carbocycles. The molecule has 1 heterocycles. The molecule has 1 aliphatic heterocycles. The summed E-state index contributed by atoms with van der Waals surface area (Å²) in [5.74, 6) is 0. The largest absolute Gasteiger partial charge is 0.312 e. The van der Waals surface area contributed by atoms with E-state index in [1.807, 2.05) is 0 Å². The second-order valence-corrected chi connectivity index (χ2v) is 5.55. The van der Waals surface area contributed by atoms with E-state index in [1.165, 1.54) is 38.8 Å². The van der Waals surface area contributed by atoms with Crippen molar-refractivity contribution >= 4 is 15.9 Å². The maximum Gasteiger partial charge on any atom is 0.0265 e. The summed E-state index contributed by atoms with van der Waals surface area (Å²) in [5.41, 5.74) is 0. The van der Waals surface area contributed by atoms with Crippen LogP contribution in [0.25, 0.3) is 0 Å². The van der Waals surface area contributed by atoms with Gasteiger partial charge in [-0.1, -0.05) is 28.9 Å². The van der Waals surface area contributed by atoms with Gasteiger partial charge >= 0.3 is 0 Å². The van der Waals surface area contributed by atoms with E-state index in [0.717, 1.165) is 23.6 Å². The van der Waals surface area contributed by atoms with E-state index in [9.17, 15) is 0 Å². The zero-order chi connectivity index (χ0) is 11.1. The number of hydrogen-bond donors (Lipinski definition) is 1. The lowest BCUT2D eigenvalue weighted by Gasteiger charge is -2.33. The van der Waals surface area contributed by atoms with Crippen molar-refractivity contribution in [1.82, 2.24) is 10.2 Å². The lowest BCUT2D eigenvalue weighted by molar-refractivity contribution is 0.159. The van der Waals surface area contributed by atoms with Gasteiger partial charge in [-0.2, -0.15) is 0 Å². The average molecular weight is 275 g/mol. The minimum Gasteiger partial charge on any atom is -0.312 e. The van der Waals surface area contributed by atoms with Crippen molar-refractivity contribution < 1.29 is 0 Å². The number of nitrogens with zero attached hydrogens (tertiary/aromatic N) is 1. The molecule has 1 unspecified atom stereocenters. The van der Waals surface area contributed by atoms with Crippen molar-refractivity contribution in [3.8, 4) is 0 Å². The summed E-state index contributed by atoms with van der Waals surface area (Å²) in [6.45, 7) is 10.7. The molecule has 2 nitrogen and oxygen atoms in total. The van der Waals surface area contributed by atoms with Crippen LogP contribution in [0.15, 0.2) is 11.1 Å². The predicted molar refractivity (Wildman–Crippen MR) is 70.4 cm³/mol. The van der Waals surface area contributed by atoms with Crippen LogP contribution in [-0.2, 0) is 0 Å². The van der Waals surface area contributed by atoms with Gasteiger partial charge in [-0.3, -0.25) is 0 Å². The summed E-state index contributed by atoms with van der Waals surface area (Å²) in [7, 11) is 0. The maximum absolute atomic E-state index is 3.80. The first-order valence-electron chi connectivity index (χ1n) is 5.98. The molecule has 15 heavy (non-hydrogen) atoms. The molecule has 1 fully saturated rings. The van der Waals surface area contributed by atoms with E-state index >= 15 is 0 Å². The number of halogens is 1. The van der Waals surface area contributed by atoms with Crippen molar-refractivity contribution in [3.63, 3.8) is 0 Å². The second-order valence-electron chi connectivity index (χ2n) is 4.43. The van der Waals surface area contributed by atoms with Crippen molar-refractivity contribution in [2.45, 2.75) is 38.6 Å². The summed E-state index contributed by atoms with van der Waals surface area (Å²) >= 11 is 3.35. The Morgan fingerprint density at radius 2 is 2.33 bits per heavy atom. The molecule has 0 aromatic rings. The summed E-state index contributed by atoms with van der Waals surface area (Å²) in [6.07, 6.45) is 5.42. The molecule has 1 saturated heterocycles. The van der Waals surface area contributed by atoms with Crippen LogP contribution < -0.4 is 5.32 Å². The number of likely N-dealkylation sites (tertiary alicyclic amines) is 1. The SMILES string of the molecule is C=C(Br)CNCCCN1CCCCC1C. The first-order chi connectivity index (χ1) is 7.20. The Kier molecular flexibility index (Phi) is 6.53. The van der Waals surface area contributed by atoms with Crippen molar-refractivity contribution in [3.05, 3.63) is 11.1 Å². The van der Waals surface area contributed by atoms with E-state index in [-0.39, 0.29) is 0 Å². The Labute approximate surface area is 102 Å². The number of nitrogens with one attached hydrogen (secondary N) is 1. The van der Waals surface area contributed by atoms with Gasteiger partial charge in [-0.05, 0) is 45.8 Å². The van der Waals surface area contributed by atoms with Gasteiger partial charge in [-0.15, -0.1) is 0 Å². The number of rotatable bonds is 6. The second kappa shape index (κ2) is 7.42. The average Bonchev–Trinajstić information content (AvgIpc) is 2.20. The first kappa shape index (κ1) is 13.2. The first-order valence-corrected chi connectivity index (χ1v) is 6.77. The van der Waals surface area contributed by atoms with E-state index in [1.54, 1.807) is 0 Å². The Bertz CT molecular complexity index is 194. The monoisotopic (exact) mass is 274 g/mol. The van der Waals surface area contributed by atoms with Crippen molar-refractivity contribution in [2.24, 2.45) is 0 Å². The molecular formula is C12H23BrN2. The standard InChI is InChI=1S/C12H23BrN2/c1-11(13)10-14-7-5-9-15-8-4-3-6-12(15)2/h12,14H,1,3-10H2,2H3. The van der Waals surface area contributed by atoms with Crippen LogP contribution >= 0.6 is 15.9 Å². The van der Waals surface area contributed by atoms with Gasteiger partial charge in [0.05, 0.1) is 0 Å². The molecule has 0 aliphatic carbocycles. The predicted octanol–water partition coefficient (Wildman–Crippen LogP) is 2.75. The summed E-state index contributed by atoms with van der Waals surface area (Å²) in [4.78, 5) is 2.62. The van der Waals surface area contributed by atoms with Crippen molar-refractivity contribution in [1.29, 1.82) is 0 Å². The third-order valence-corrected chi connectivity index (χ3v) is 3.34. The van der Waals surface area contributed by atoms with Gasteiger partial charge in [0.25, 0.3) is 0 Å². The van der Waals surface area contributed by atoms with E-state index in [2.05, 4.69) is 39.6 Å². The maximum atomic E-state index is 3.80. The highest BCUT2D eigenvalue weighted by molar-refractivity contribution is 9.11. The van der Waals surface area contributed by atoms with E-state index in [4.69, 9.17) is 0 Å².